The summed E-state index contributed by atoms with van der Waals surface area (Å²) in [6.07, 6.45) is 4.31. The maximum atomic E-state index is 13.7. The molecule has 6 rings (SSSR count). The number of halogens is 2. The van der Waals surface area contributed by atoms with Crippen LogP contribution in [0.5, 0.6) is 11.5 Å². The molecule has 1 saturated carbocycles. The topological polar surface area (TPSA) is 81.5 Å². The van der Waals surface area contributed by atoms with Gasteiger partial charge in [-0.2, -0.15) is 0 Å². The monoisotopic (exact) mass is 534 g/mol. The number of rotatable bonds is 8. The van der Waals surface area contributed by atoms with Crippen molar-refractivity contribution in [2.75, 3.05) is 5.75 Å². The minimum absolute atomic E-state index is 0.111. The molecule has 38 heavy (non-hydrogen) atoms. The first kappa shape index (κ1) is 24.6. The van der Waals surface area contributed by atoms with Crippen molar-refractivity contribution < 1.29 is 28.2 Å². The van der Waals surface area contributed by atoms with E-state index in [4.69, 9.17) is 9.47 Å². The molecule has 0 radical (unpaired) electrons. The summed E-state index contributed by atoms with van der Waals surface area (Å²) in [7, 11) is 0. The molecule has 1 N–H and O–H groups in total. The van der Waals surface area contributed by atoms with Crippen LogP contribution in [0.2, 0.25) is 0 Å². The Morgan fingerprint density at radius 1 is 1.11 bits per heavy atom. The lowest BCUT2D eigenvalue weighted by Gasteiger charge is -2.22. The van der Waals surface area contributed by atoms with Gasteiger partial charge in [-0.15, -0.1) is 11.8 Å². The molecule has 1 atom stereocenters. The van der Waals surface area contributed by atoms with Gasteiger partial charge in [0.2, 0.25) is 0 Å². The second-order valence-electron chi connectivity index (χ2n) is 9.85. The summed E-state index contributed by atoms with van der Waals surface area (Å²) in [5.74, 6) is -0.820. The zero-order valence-corrected chi connectivity index (χ0v) is 21.1. The van der Waals surface area contributed by atoms with Crippen LogP contribution in [0.3, 0.4) is 0 Å². The van der Waals surface area contributed by atoms with Gasteiger partial charge in [-0.25, -0.2) is 13.8 Å². The number of ether oxygens (including phenoxy) is 2. The summed E-state index contributed by atoms with van der Waals surface area (Å²) < 4.78 is 39.9. The number of aliphatic carboxylic acids is 1. The van der Waals surface area contributed by atoms with E-state index >= 15 is 0 Å². The van der Waals surface area contributed by atoms with Gasteiger partial charge in [0.1, 0.15) is 6.61 Å². The highest BCUT2D eigenvalue weighted by atomic mass is 32.2. The summed E-state index contributed by atoms with van der Waals surface area (Å²) in [5.41, 5.74) is 3.14. The lowest BCUT2D eigenvalue weighted by Crippen LogP contribution is -2.15. The number of hydrogen-bond acceptors (Lipinski definition) is 6. The number of thioether (sulfide) groups is 1. The normalized spacial score (nSPS) is 17.2. The quantitative estimate of drug-likeness (QED) is 0.278. The highest BCUT2D eigenvalue weighted by Gasteiger charge is 2.45. The van der Waals surface area contributed by atoms with E-state index in [1.165, 1.54) is 0 Å². The minimum Gasteiger partial charge on any atom is -0.483 e. The first-order chi connectivity index (χ1) is 18.4. The number of nitrogens with zero attached hydrogens (tertiary/aromatic N) is 2. The Kier molecular flexibility index (Phi) is 6.39. The van der Waals surface area contributed by atoms with Gasteiger partial charge in [-0.3, -0.25) is 9.78 Å². The molecule has 0 bridgehead atoms. The van der Waals surface area contributed by atoms with Gasteiger partial charge in [0.25, 0.3) is 0 Å². The Bertz CT molecular complexity index is 1540. The fourth-order valence-corrected chi connectivity index (χ4v) is 6.19. The highest BCUT2D eigenvalue weighted by Crippen LogP contribution is 2.54. The SMILES string of the molecule is O=C(O)CC1(CSC2Oc3c(cccc3OCc3ccc4cc(F)c(F)cc4n3)Cc3cccnc32)CC1. The van der Waals surface area contributed by atoms with Crippen molar-refractivity contribution in [3.63, 3.8) is 0 Å². The van der Waals surface area contributed by atoms with Crippen molar-refractivity contribution in [2.24, 2.45) is 5.41 Å². The third-order valence-corrected chi connectivity index (χ3v) is 8.41. The molecule has 6 nitrogen and oxygen atoms in total. The van der Waals surface area contributed by atoms with Crippen molar-refractivity contribution >= 4 is 28.6 Å². The van der Waals surface area contributed by atoms with Gasteiger partial charge in [0, 0.05) is 35.4 Å². The highest BCUT2D eigenvalue weighted by molar-refractivity contribution is 7.99. The summed E-state index contributed by atoms with van der Waals surface area (Å²) in [5, 5.41) is 9.83. The zero-order valence-electron chi connectivity index (χ0n) is 20.3. The molecule has 9 heteroatoms. The number of benzene rings is 2. The Hall–Kier alpha value is -3.72. The van der Waals surface area contributed by atoms with Gasteiger partial charge in [0.15, 0.2) is 28.6 Å². The van der Waals surface area contributed by atoms with E-state index in [-0.39, 0.29) is 18.4 Å². The van der Waals surface area contributed by atoms with Gasteiger partial charge in [-0.05, 0) is 48.1 Å². The van der Waals surface area contributed by atoms with Crippen LogP contribution >= 0.6 is 11.8 Å². The van der Waals surface area contributed by atoms with Crippen LogP contribution in [0, 0.1) is 17.0 Å². The average molecular weight is 535 g/mol. The molecule has 1 aliphatic heterocycles. The smallest absolute Gasteiger partial charge is 0.303 e. The molecule has 0 amide bonds. The number of carbonyl (C=O) groups is 1. The van der Waals surface area contributed by atoms with Crippen molar-refractivity contribution in [3.05, 3.63) is 94.9 Å². The standard InChI is InChI=1S/C29H24F2N2O4S/c30-21-12-17-6-7-20(33-23(17)13-22(21)31)15-36-24-5-1-3-19-11-18-4-2-10-32-26(18)28(37-27(19)24)38-16-29(8-9-29)14-25(34)35/h1-7,10,12-13,28H,8-9,11,14-16H2,(H,34,35). The lowest BCUT2D eigenvalue weighted by atomic mass is 10.0. The zero-order chi connectivity index (χ0) is 26.3. The fourth-order valence-electron chi connectivity index (χ4n) is 4.76. The third kappa shape index (κ3) is 5.03. The van der Waals surface area contributed by atoms with Crippen molar-refractivity contribution in [1.29, 1.82) is 0 Å². The fraction of sp³-hybridized carbons (Fsp3) is 0.276. The van der Waals surface area contributed by atoms with Crippen LogP contribution in [0.25, 0.3) is 10.9 Å². The first-order valence-electron chi connectivity index (χ1n) is 12.3. The van der Waals surface area contributed by atoms with E-state index in [0.29, 0.717) is 40.3 Å². The molecular formula is C29H24F2N2O4S. The number of pyridine rings is 2. The first-order valence-corrected chi connectivity index (χ1v) is 13.4. The number of para-hydroxylation sites is 1. The maximum Gasteiger partial charge on any atom is 0.303 e. The van der Waals surface area contributed by atoms with Crippen LogP contribution in [-0.4, -0.2) is 26.8 Å². The van der Waals surface area contributed by atoms with E-state index in [1.807, 2.05) is 30.3 Å². The Balaban J connectivity index is 1.25. The molecule has 1 aliphatic carbocycles. The molecule has 3 heterocycles. The molecule has 0 saturated heterocycles. The number of carboxylic acid groups (broad SMARTS) is 1. The number of carboxylic acids is 1. The summed E-state index contributed by atoms with van der Waals surface area (Å²) in [6.45, 7) is 0.111. The van der Waals surface area contributed by atoms with E-state index in [9.17, 15) is 18.7 Å². The van der Waals surface area contributed by atoms with Crippen molar-refractivity contribution in [3.8, 4) is 11.5 Å². The van der Waals surface area contributed by atoms with E-state index in [0.717, 1.165) is 41.8 Å². The van der Waals surface area contributed by atoms with Crippen molar-refractivity contribution in [1.82, 2.24) is 9.97 Å². The molecule has 2 aromatic carbocycles. The Morgan fingerprint density at radius 2 is 1.92 bits per heavy atom. The third-order valence-electron chi connectivity index (χ3n) is 7.00. The minimum atomic E-state index is -0.946. The second kappa shape index (κ2) is 9.87. The van der Waals surface area contributed by atoms with Crippen LogP contribution < -0.4 is 9.47 Å². The Morgan fingerprint density at radius 3 is 2.74 bits per heavy atom. The maximum absolute atomic E-state index is 13.7. The predicted molar refractivity (Wildman–Crippen MR) is 139 cm³/mol. The predicted octanol–water partition coefficient (Wildman–Crippen LogP) is 6.46. The second-order valence-corrected chi connectivity index (χ2v) is 10.9. The van der Waals surface area contributed by atoms with E-state index in [2.05, 4.69) is 9.97 Å². The largest absolute Gasteiger partial charge is 0.483 e. The van der Waals surface area contributed by atoms with E-state index < -0.39 is 23.0 Å². The molecule has 2 aliphatic rings. The van der Waals surface area contributed by atoms with E-state index in [1.54, 1.807) is 30.1 Å². The van der Waals surface area contributed by atoms with Gasteiger partial charge >= 0.3 is 5.97 Å². The molecular weight excluding hydrogens is 510 g/mol. The average Bonchev–Trinajstić information content (AvgIpc) is 3.68. The van der Waals surface area contributed by atoms with Gasteiger partial charge in [0.05, 0.1) is 23.3 Å². The molecule has 2 aromatic heterocycles. The number of hydrogen-bond donors (Lipinski definition) is 1. The summed E-state index contributed by atoms with van der Waals surface area (Å²) in [4.78, 5) is 20.4. The Labute approximate surface area is 222 Å². The van der Waals surface area contributed by atoms with Crippen LogP contribution in [0.1, 0.15) is 47.2 Å². The lowest BCUT2D eigenvalue weighted by molar-refractivity contribution is -0.138. The summed E-state index contributed by atoms with van der Waals surface area (Å²) in [6, 6.07) is 15.3. The molecule has 4 aromatic rings. The van der Waals surface area contributed by atoms with Crippen LogP contribution in [0.15, 0.2) is 60.8 Å². The molecule has 0 spiro atoms. The number of fused-ring (bicyclic) bond motifs is 3. The molecule has 1 fully saturated rings. The molecule has 194 valence electrons. The summed E-state index contributed by atoms with van der Waals surface area (Å²) >= 11 is 1.57. The van der Waals surface area contributed by atoms with Gasteiger partial charge in [-0.1, -0.05) is 24.3 Å². The number of aromatic nitrogens is 2. The van der Waals surface area contributed by atoms with Crippen LogP contribution in [0.4, 0.5) is 8.78 Å². The van der Waals surface area contributed by atoms with Crippen molar-refractivity contribution in [2.45, 2.75) is 37.7 Å². The van der Waals surface area contributed by atoms with Crippen LogP contribution in [-0.2, 0) is 17.8 Å². The van der Waals surface area contributed by atoms with Gasteiger partial charge < -0.3 is 14.6 Å². The molecule has 1 unspecified atom stereocenters.